The number of nitrogens with one attached hydrogen (secondary N) is 2. The second kappa shape index (κ2) is 5.49. The van der Waals surface area contributed by atoms with Crippen LogP contribution in [-0.4, -0.2) is 48.4 Å². The maximum absolute atomic E-state index is 12.4. The molecule has 1 unspecified atom stereocenters. The fourth-order valence-corrected chi connectivity index (χ4v) is 2.62. The lowest BCUT2D eigenvalue weighted by molar-refractivity contribution is -0.136. The number of amides is 2. The number of carbonyl (C=O) groups is 2. The van der Waals surface area contributed by atoms with Gasteiger partial charge in [0.25, 0.3) is 0 Å². The summed E-state index contributed by atoms with van der Waals surface area (Å²) in [7, 11) is 0. The zero-order valence-corrected chi connectivity index (χ0v) is 10.4. The molecule has 2 rings (SSSR count). The molecule has 5 heteroatoms. The minimum atomic E-state index is -0.283. The first kappa shape index (κ1) is 12.4. The van der Waals surface area contributed by atoms with Gasteiger partial charge in [0.15, 0.2) is 0 Å². The van der Waals surface area contributed by atoms with E-state index in [1.165, 1.54) is 0 Å². The van der Waals surface area contributed by atoms with Crippen LogP contribution in [0.1, 0.15) is 32.6 Å². The lowest BCUT2D eigenvalue weighted by Crippen LogP contribution is -2.50. The van der Waals surface area contributed by atoms with E-state index >= 15 is 0 Å². The second-order valence-electron chi connectivity index (χ2n) is 4.84. The molecule has 2 heterocycles. The first-order valence-electron chi connectivity index (χ1n) is 6.53. The average molecular weight is 239 g/mol. The van der Waals surface area contributed by atoms with Crippen molar-refractivity contribution in [1.82, 2.24) is 15.5 Å². The molecule has 17 heavy (non-hydrogen) atoms. The summed E-state index contributed by atoms with van der Waals surface area (Å²) in [5, 5.41) is 6.05. The minimum absolute atomic E-state index is 0.00402. The van der Waals surface area contributed by atoms with E-state index in [4.69, 9.17) is 0 Å². The van der Waals surface area contributed by atoms with E-state index in [2.05, 4.69) is 17.6 Å². The van der Waals surface area contributed by atoms with E-state index in [0.29, 0.717) is 18.9 Å². The summed E-state index contributed by atoms with van der Waals surface area (Å²) in [5.41, 5.74) is 0. The molecule has 2 aliphatic rings. The highest BCUT2D eigenvalue weighted by Crippen LogP contribution is 2.15. The maximum Gasteiger partial charge on any atom is 0.245 e. The van der Waals surface area contributed by atoms with Crippen LogP contribution in [0.25, 0.3) is 0 Å². The molecule has 2 saturated heterocycles. The van der Waals surface area contributed by atoms with E-state index in [-0.39, 0.29) is 17.9 Å². The predicted octanol–water partition coefficient (Wildman–Crippen LogP) is -0.134. The van der Waals surface area contributed by atoms with Gasteiger partial charge < -0.3 is 15.5 Å². The van der Waals surface area contributed by atoms with E-state index in [1.807, 2.05) is 4.90 Å². The molecule has 2 aliphatic heterocycles. The lowest BCUT2D eigenvalue weighted by Gasteiger charge is -2.30. The van der Waals surface area contributed by atoms with Crippen molar-refractivity contribution in [3.8, 4) is 0 Å². The van der Waals surface area contributed by atoms with Gasteiger partial charge in [-0.1, -0.05) is 6.92 Å². The largest absolute Gasteiger partial charge is 0.344 e. The van der Waals surface area contributed by atoms with Crippen molar-refractivity contribution >= 4 is 11.8 Å². The summed E-state index contributed by atoms with van der Waals surface area (Å²) in [5.74, 6) is 0.107. The molecule has 5 nitrogen and oxygen atoms in total. The Labute approximate surface area is 102 Å². The standard InChI is InChI=1S/C12H21N3O2/c1-2-7-15(9-5-6-13-8-9)12(17)10-3-4-11(16)14-10/h9-10,13H,2-8H2,1H3,(H,14,16)/t9?,10-/m1/s1. The topological polar surface area (TPSA) is 61.4 Å². The molecule has 2 atom stereocenters. The van der Waals surface area contributed by atoms with Gasteiger partial charge in [-0.15, -0.1) is 0 Å². The third-order valence-electron chi connectivity index (χ3n) is 3.52. The molecule has 0 spiro atoms. The zero-order chi connectivity index (χ0) is 12.3. The van der Waals surface area contributed by atoms with E-state index in [1.54, 1.807) is 0 Å². The second-order valence-corrected chi connectivity index (χ2v) is 4.84. The van der Waals surface area contributed by atoms with Crippen LogP contribution in [0.4, 0.5) is 0 Å². The van der Waals surface area contributed by atoms with Gasteiger partial charge in [-0.05, 0) is 25.8 Å². The van der Waals surface area contributed by atoms with Crippen molar-refractivity contribution < 1.29 is 9.59 Å². The monoisotopic (exact) mass is 239 g/mol. The van der Waals surface area contributed by atoms with Crippen LogP contribution >= 0.6 is 0 Å². The number of hydrogen-bond donors (Lipinski definition) is 2. The number of hydrogen-bond acceptors (Lipinski definition) is 3. The summed E-state index contributed by atoms with van der Waals surface area (Å²) in [6.45, 7) is 4.73. The summed E-state index contributed by atoms with van der Waals surface area (Å²) in [6, 6.07) is 0.0228. The molecule has 2 N–H and O–H groups in total. The van der Waals surface area contributed by atoms with Gasteiger partial charge in [0.2, 0.25) is 11.8 Å². The van der Waals surface area contributed by atoms with Gasteiger partial charge >= 0.3 is 0 Å². The Morgan fingerprint density at radius 1 is 1.47 bits per heavy atom. The summed E-state index contributed by atoms with van der Waals surface area (Å²) in [6.07, 6.45) is 3.12. The minimum Gasteiger partial charge on any atom is -0.344 e. The molecule has 0 aromatic carbocycles. The van der Waals surface area contributed by atoms with Gasteiger partial charge in [-0.2, -0.15) is 0 Å². The Hall–Kier alpha value is -1.10. The van der Waals surface area contributed by atoms with Crippen LogP contribution < -0.4 is 10.6 Å². The van der Waals surface area contributed by atoms with Crippen LogP contribution in [0.3, 0.4) is 0 Å². The van der Waals surface area contributed by atoms with Crippen molar-refractivity contribution in [3.05, 3.63) is 0 Å². The number of nitrogens with zero attached hydrogens (tertiary/aromatic N) is 1. The summed E-state index contributed by atoms with van der Waals surface area (Å²) >= 11 is 0. The molecule has 0 aliphatic carbocycles. The normalized spacial score (nSPS) is 28.2. The molecule has 0 aromatic rings. The lowest BCUT2D eigenvalue weighted by atomic mass is 10.1. The Morgan fingerprint density at radius 2 is 2.29 bits per heavy atom. The fourth-order valence-electron chi connectivity index (χ4n) is 2.62. The van der Waals surface area contributed by atoms with Crippen LogP contribution in [0, 0.1) is 0 Å². The summed E-state index contributed by atoms with van der Waals surface area (Å²) < 4.78 is 0. The van der Waals surface area contributed by atoms with Gasteiger partial charge in [0, 0.05) is 25.6 Å². The molecule has 96 valence electrons. The van der Waals surface area contributed by atoms with Crippen LogP contribution in [0.15, 0.2) is 0 Å². The number of carbonyl (C=O) groups excluding carboxylic acids is 2. The predicted molar refractivity (Wildman–Crippen MR) is 64.4 cm³/mol. The highest BCUT2D eigenvalue weighted by molar-refractivity contribution is 5.91. The third-order valence-corrected chi connectivity index (χ3v) is 3.52. The Kier molecular flexibility index (Phi) is 3.99. The van der Waals surface area contributed by atoms with Crippen molar-refractivity contribution in [2.45, 2.75) is 44.7 Å². The maximum atomic E-state index is 12.4. The molecule has 0 bridgehead atoms. The summed E-state index contributed by atoms with van der Waals surface area (Å²) in [4.78, 5) is 25.5. The number of rotatable bonds is 4. The van der Waals surface area contributed by atoms with Crippen LogP contribution in [0.5, 0.6) is 0 Å². The first-order chi connectivity index (χ1) is 8.22. The van der Waals surface area contributed by atoms with E-state index in [9.17, 15) is 9.59 Å². The van der Waals surface area contributed by atoms with Gasteiger partial charge in [-0.3, -0.25) is 9.59 Å². The zero-order valence-electron chi connectivity index (χ0n) is 10.4. The van der Waals surface area contributed by atoms with Crippen molar-refractivity contribution in [3.63, 3.8) is 0 Å². The molecule has 0 saturated carbocycles. The molecule has 0 aromatic heterocycles. The smallest absolute Gasteiger partial charge is 0.245 e. The third kappa shape index (κ3) is 2.77. The van der Waals surface area contributed by atoms with Crippen molar-refractivity contribution in [1.29, 1.82) is 0 Å². The van der Waals surface area contributed by atoms with E-state index < -0.39 is 0 Å². The van der Waals surface area contributed by atoms with E-state index in [0.717, 1.165) is 32.5 Å². The van der Waals surface area contributed by atoms with Gasteiger partial charge in [0.05, 0.1) is 0 Å². The van der Waals surface area contributed by atoms with Gasteiger partial charge in [-0.25, -0.2) is 0 Å². The molecule has 0 radical (unpaired) electrons. The van der Waals surface area contributed by atoms with Gasteiger partial charge in [0.1, 0.15) is 6.04 Å². The Morgan fingerprint density at radius 3 is 2.82 bits per heavy atom. The molecule has 2 fully saturated rings. The molecular formula is C12H21N3O2. The Bertz CT molecular complexity index is 300. The first-order valence-corrected chi connectivity index (χ1v) is 6.53. The highest BCUT2D eigenvalue weighted by Gasteiger charge is 2.34. The molecular weight excluding hydrogens is 218 g/mol. The molecule has 2 amide bonds. The fraction of sp³-hybridized carbons (Fsp3) is 0.833. The quantitative estimate of drug-likeness (QED) is 0.718. The van der Waals surface area contributed by atoms with Crippen LogP contribution in [-0.2, 0) is 9.59 Å². The average Bonchev–Trinajstić information content (AvgIpc) is 2.95. The van der Waals surface area contributed by atoms with Crippen LogP contribution in [0.2, 0.25) is 0 Å². The highest BCUT2D eigenvalue weighted by atomic mass is 16.2. The van der Waals surface area contributed by atoms with Crippen molar-refractivity contribution in [2.75, 3.05) is 19.6 Å². The van der Waals surface area contributed by atoms with Crippen molar-refractivity contribution in [2.24, 2.45) is 0 Å². The SMILES string of the molecule is CCCN(C(=O)[C@H]1CCC(=O)N1)C1CCNC1. The Balaban J connectivity index is 1.99.